The number of rotatable bonds is 4. The third-order valence-electron chi connectivity index (χ3n) is 12.5. The molecule has 14 rings (SSSR count). The molecule has 0 saturated carbocycles. The van der Waals surface area contributed by atoms with Crippen LogP contribution in [0.1, 0.15) is 0 Å². The first kappa shape index (κ1) is 32.5. The van der Waals surface area contributed by atoms with Crippen LogP contribution in [0.4, 0.5) is 0 Å². The van der Waals surface area contributed by atoms with Gasteiger partial charge in [0.15, 0.2) is 5.58 Å². The van der Waals surface area contributed by atoms with Crippen LogP contribution in [0.5, 0.6) is 0 Å². The normalized spacial score (nSPS) is 12.3. The van der Waals surface area contributed by atoms with Gasteiger partial charge in [0.25, 0.3) is 0 Å². The fraction of sp³-hybridized carbons (Fsp3) is 0.0192. The quantitative estimate of drug-likeness (QED) is 0.178. The highest BCUT2D eigenvalue weighted by molar-refractivity contribution is 5.97. The van der Waals surface area contributed by atoms with Gasteiger partial charge in [-0.25, -0.2) is 9.97 Å². The van der Waals surface area contributed by atoms with Crippen LogP contribution in [-0.4, -0.2) is 37.3 Å². The summed E-state index contributed by atoms with van der Waals surface area (Å²) in [5, 5.41) is 0. The van der Waals surface area contributed by atoms with Gasteiger partial charge < -0.3 is 8.98 Å². The maximum Gasteiger partial charge on any atom is 0.307 e. The fourth-order valence-corrected chi connectivity index (χ4v) is 9.65. The molecule has 0 aliphatic rings. The first-order valence-corrected chi connectivity index (χ1v) is 20.4. The highest BCUT2D eigenvalue weighted by Crippen LogP contribution is 2.37. The van der Waals surface area contributed by atoms with Crippen LogP contribution in [0.3, 0.4) is 0 Å². The van der Waals surface area contributed by atoms with Gasteiger partial charge in [0.1, 0.15) is 0 Å². The topological polar surface area (TPSA) is 74.9 Å². The zero-order chi connectivity index (χ0) is 39.9. The number of imidazole rings is 5. The molecule has 0 fully saturated rings. The van der Waals surface area contributed by atoms with Crippen molar-refractivity contribution in [2.75, 3.05) is 0 Å². The van der Waals surface area contributed by atoms with E-state index in [0.717, 1.165) is 111 Å². The molecule has 6 heterocycles. The predicted octanol–water partition coefficient (Wildman–Crippen LogP) is 12.3. The van der Waals surface area contributed by atoms with Crippen molar-refractivity contribution in [1.29, 1.82) is 0 Å². The molecular weight excluding hydrogens is 753 g/mol. The molecule has 0 saturated heterocycles. The SMILES string of the molecule is Cn1c2ccc(-c3cccc(-c4cccc(-c5ccc6c(c5)n5c7ccccc7nc5n6-c5ccc6nc7oc8ccccc8n7c6c5)c4)c3)cc2n2c3ccccc3nc12. The molecule has 9 nitrogen and oxygen atoms in total. The Morgan fingerprint density at radius 1 is 0.361 bits per heavy atom. The molecule has 0 spiro atoms. The average molecular weight is 785 g/mol. The summed E-state index contributed by atoms with van der Waals surface area (Å²) in [4.78, 5) is 15.0. The second-order valence-electron chi connectivity index (χ2n) is 15.9. The smallest absolute Gasteiger partial charge is 0.307 e. The lowest BCUT2D eigenvalue weighted by atomic mass is 9.96. The number of aryl methyl sites for hydroxylation is 1. The molecule has 0 aliphatic heterocycles. The first-order valence-electron chi connectivity index (χ1n) is 20.4. The van der Waals surface area contributed by atoms with Crippen LogP contribution in [0, 0.1) is 0 Å². The second kappa shape index (κ2) is 11.8. The number of para-hydroxylation sites is 6. The van der Waals surface area contributed by atoms with E-state index in [-0.39, 0.29) is 0 Å². The van der Waals surface area contributed by atoms with Crippen molar-refractivity contribution in [1.82, 2.24) is 37.3 Å². The molecule has 9 heteroatoms. The maximum absolute atomic E-state index is 6.13. The van der Waals surface area contributed by atoms with Gasteiger partial charge >= 0.3 is 5.84 Å². The molecular formula is C52H32N8O. The molecule has 0 atom stereocenters. The second-order valence-corrected chi connectivity index (χ2v) is 15.9. The molecule has 0 bridgehead atoms. The first-order chi connectivity index (χ1) is 30.1. The lowest BCUT2D eigenvalue weighted by molar-refractivity contribution is 0.643. The fourth-order valence-electron chi connectivity index (χ4n) is 9.65. The highest BCUT2D eigenvalue weighted by atomic mass is 16.4. The summed E-state index contributed by atoms with van der Waals surface area (Å²) in [6.07, 6.45) is 0. The van der Waals surface area contributed by atoms with Gasteiger partial charge in [-0.15, -0.1) is 0 Å². The molecule has 8 aromatic carbocycles. The Balaban J connectivity index is 0.891. The minimum absolute atomic E-state index is 0.583. The summed E-state index contributed by atoms with van der Waals surface area (Å²) in [5.74, 6) is 2.38. The lowest BCUT2D eigenvalue weighted by Crippen LogP contribution is -1.95. The lowest BCUT2D eigenvalue weighted by Gasteiger charge is -2.10. The molecule has 6 aromatic heterocycles. The molecule has 286 valence electrons. The summed E-state index contributed by atoms with van der Waals surface area (Å²) in [6, 6.07) is 62.4. The maximum atomic E-state index is 6.13. The van der Waals surface area contributed by atoms with Gasteiger partial charge in [-0.2, -0.15) is 4.98 Å². The number of oxazole rings is 1. The van der Waals surface area contributed by atoms with E-state index in [1.807, 2.05) is 30.3 Å². The number of hydrogen-bond donors (Lipinski definition) is 0. The molecule has 0 unspecified atom stereocenters. The Morgan fingerprint density at radius 2 is 0.902 bits per heavy atom. The summed E-state index contributed by atoms with van der Waals surface area (Å²) in [6.45, 7) is 0. The van der Waals surface area contributed by atoms with Crippen molar-refractivity contribution in [3.05, 3.63) is 176 Å². The van der Waals surface area contributed by atoms with Gasteiger partial charge in [0, 0.05) is 7.05 Å². The van der Waals surface area contributed by atoms with Gasteiger partial charge in [0.05, 0.1) is 66.4 Å². The van der Waals surface area contributed by atoms with Crippen LogP contribution in [-0.2, 0) is 7.05 Å². The monoisotopic (exact) mass is 784 g/mol. The van der Waals surface area contributed by atoms with Crippen molar-refractivity contribution in [3.8, 4) is 39.1 Å². The van der Waals surface area contributed by atoms with Gasteiger partial charge in [-0.05, 0) is 124 Å². The van der Waals surface area contributed by atoms with Crippen LogP contribution in [0.2, 0.25) is 0 Å². The Labute approximate surface area is 346 Å². The summed E-state index contributed by atoms with van der Waals surface area (Å²) in [7, 11) is 2.09. The zero-order valence-corrected chi connectivity index (χ0v) is 32.7. The van der Waals surface area contributed by atoms with E-state index in [2.05, 4.69) is 175 Å². The summed E-state index contributed by atoms with van der Waals surface area (Å²) < 4.78 is 17.2. The Hall–Kier alpha value is -8.43. The Kier molecular flexibility index (Phi) is 6.31. The minimum atomic E-state index is 0.583. The van der Waals surface area contributed by atoms with E-state index < -0.39 is 0 Å². The number of benzene rings is 8. The van der Waals surface area contributed by atoms with Crippen molar-refractivity contribution in [2.24, 2.45) is 7.05 Å². The minimum Gasteiger partial charge on any atom is -0.423 e. The third kappa shape index (κ3) is 4.51. The molecule has 0 N–H and O–H groups in total. The third-order valence-corrected chi connectivity index (χ3v) is 12.5. The van der Waals surface area contributed by atoms with Crippen LogP contribution in [0.25, 0.3) is 123 Å². The van der Waals surface area contributed by atoms with E-state index in [1.54, 1.807) is 0 Å². The van der Waals surface area contributed by atoms with Crippen LogP contribution in [0.15, 0.2) is 180 Å². The highest BCUT2D eigenvalue weighted by Gasteiger charge is 2.21. The van der Waals surface area contributed by atoms with E-state index in [9.17, 15) is 0 Å². The molecule has 0 amide bonds. The molecule has 0 radical (unpaired) electrons. The zero-order valence-electron chi connectivity index (χ0n) is 32.7. The number of fused-ring (bicyclic) bond motifs is 15. The largest absolute Gasteiger partial charge is 0.423 e. The van der Waals surface area contributed by atoms with Crippen molar-refractivity contribution < 1.29 is 4.42 Å². The summed E-state index contributed by atoms with van der Waals surface area (Å²) >= 11 is 0. The van der Waals surface area contributed by atoms with E-state index in [4.69, 9.17) is 19.4 Å². The van der Waals surface area contributed by atoms with E-state index in [0.29, 0.717) is 5.84 Å². The Bertz CT molecular complexity index is 4150. The van der Waals surface area contributed by atoms with Crippen molar-refractivity contribution in [3.63, 3.8) is 0 Å². The number of nitrogens with zero attached hydrogens (tertiary/aromatic N) is 8. The molecule has 61 heavy (non-hydrogen) atoms. The number of aromatic nitrogens is 8. The Morgan fingerprint density at radius 3 is 1.59 bits per heavy atom. The van der Waals surface area contributed by atoms with Gasteiger partial charge in [0.2, 0.25) is 11.6 Å². The number of hydrogen-bond acceptors (Lipinski definition) is 4. The van der Waals surface area contributed by atoms with Crippen LogP contribution < -0.4 is 0 Å². The van der Waals surface area contributed by atoms with Crippen LogP contribution >= 0.6 is 0 Å². The standard InChI is InChI=1S/C52H32N8O/c1-56-43-24-20-35(28-47(43)58-41-16-4-2-14-38(41)53-50(56)58)33-12-8-10-31(26-33)32-11-9-13-34(27-32)36-21-25-44-48(29-36)59-42-17-5-3-15-39(42)54-51(59)57(44)37-22-23-40-46(30-37)60-45-18-6-7-19-49(45)61-52(60)55-40/h2-30H,1H3. The molecule has 0 aliphatic carbocycles. The summed E-state index contributed by atoms with van der Waals surface area (Å²) in [5.41, 5.74) is 20.2. The average Bonchev–Trinajstić information content (AvgIpc) is 4.15. The van der Waals surface area contributed by atoms with Crippen molar-refractivity contribution in [2.45, 2.75) is 0 Å². The van der Waals surface area contributed by atoms with E-state index in [1.165, 1.54) is 5.56 Å². The molecule has 14 aromatic rings. The van der Waals surface area contributed by atoms with Gasteiger partial charge in [-0.1, -0.05) is 84.9 Å². The predicted molar refractivity (Wildman–Crippen MR) is 245 cm³/mol. The van der Waals surface area contributed by atoms with Gasteiger partial charge in [-0.3, -0.25) is 17.8 Å². The van der Waals surface area contributed by atoms with E-state index >= 15 is 0 Å². The van der Waals surface area contributed by atoms with Crippen molar-refractivity contribution >= 4 is 83.7 Å².